The molecular formula is C12H13N5O2. The summed E-state index contributed by atoms with van der Waals surface area (Å²) in [5, 5.41) is 19.6. The number of anilines is 1. The lowest BCUT2D eigenvalue weighted by Crippen LogP contribution is -2.08. The van der Waals surface area contributed by atoms with Crippen molar-refractivity contribution in [3.63, 3.8) is 0 Å². The standard InChI is InChI=1S/C12H13N5O2/c1-7-8(2)16-17-12(15-7)14-6-9-3-4-10(11(18)19)13-5-9/h3-5H,6H2,1-2H3,(H,18,19)(H,14,15,17). The van der Waals surface area contributed by atoms with Crippen LogP contribution in [0.1, 0.15) is 27.4 Å². The van der Waals surface area contributed by atoms with Crippen LogP contribution in [0.15, 0.2) is 18.3 Å². The number of carbonyl (C=O) groups is 1. The van der Waals surface area contributed by atoms with Crippen LogP contribution in [0.25, 0.3) is 0 Å². The molecule has 0 saturated heterocycles. The average molecular weight is 259 g/mol. The summed E-state index contributed by atoms with van der Waals surface area (Å²) >= 11 is 0. The second-order valence-electron chi connectivity index (χ2n) is 4.02. The maximum Gasteiger partial charge on any atom is 0.354 e. The van der Waals surface area contributed by atoms with E-state index in [0.717, 1.165) is 17.0 Å². The molecule has 2 aromatic heterocycles. The van der Waals surface area contributed by atoms with Gasteiger partial charge in [-0.1, -0.05) is 6.07 Å². The first-order chi connectivity index (χ1) is 9.06. The van der Waals surface area contributed by atoms with Gasteiger partial charge in [0.25, 0.3) is 0 Å². The lowest BCUT2D eigenvalue weighted by Gasteiger charge is -2.05. The third-order valence-electron chi connectivity index (χ3n) is 2.59. The first kappa shape index (κ1) is 12.9. The summed E-state index contributed by atoms with van der Waals surface area (Å²) in [5.74, 6) is -0.605. The van der Waals surface area contributed by atoms with Crippen molar-refractivity contribution in [1.29, 1.82) is 0 Å². The van der Waals surface area contributed by atoms with E-state index in [-0.39, 0.29) is 5.69 Å². The lowest BCUT2D eigenvalue weighted by atomic mass is 10.2. The molecule has 0 aliphatic rings. The quantitative estimate of drug-likeness (QED) is 0.850. The van der Waals surface area contributed by atoms with Crippen LogP contribution < -0.4 is 5.32 Å². The monoisotopic (exact) mass is 259 g/mol. The summed E-state index contributed by atoms with van der Waals surface area (Å²) in [4.78, 5) is 18.7. The van der Waals surface area contributed by atoms with Gasteiger partial charge in [-0.15, -0.1) is 5.10 Å². The largest absolute Gasteiger partial charge is 0.477 e. The van der Waals surface area contributed by atoms with Gasteiger partial charge in [0, 0.05) is 12.7 Å². The molecule has 7 heteroatoms. The molecule has 0 amide bonds. The summed E-state index contributed by atoms with van der Waals surface area (Å²) in [7, 11) is 0. The Morgan fingerprint density at radius 1 is 1.26 bits per heavy atom. The molecule has 2 aromatic rings. The lowest BCUT2D eigenvalue weighted by molar-refractivity contribution is 0.0690. The van der Waals surface area contributed by atoms with Gasteiger partial charge in [-0.2, -0.15) is 5.10 Å². The SMILES string of the molecule is Cc1nnc(NCc2ccc(C(=O)O)nc2)nc1C. The van der Waals surface area contributed by atoms with E-state index in [2.05, 4.69) is 25.5 Å². The second kappa shape index (κ2) is 5.38. The zero-order valence-electron chi connectivity index (χ0n) is 10.6. The van der Waals surface area contributed by atoms with Crippen molar-refractivity contribution in [3.05, 3.63) is 41.0 Å². The van der Waals surface area contributed by atoms with E-state index in [0.29, 0.717) is 12.5 Å². The molecule has 0 aromatic carbocycles. The minimum atomic E-state index is -1.04. The van der Waals surface area contributed by atoms with Crippen LogP contribution in [0.4, 0.5) is 5.95 Å². The Hall–Kier alpha value is -2.57. The smallest absolute Gasteiger partial charge is 0.354 e. The predicted octanol–water partition coefficient (Wildman–Crippen LogP) is 1.19. The highest BCUT2D eigenvalue weighted by molar-refractivity contribution is 5.85. The third kappa shape index (κ3) is 3.21. The summed E-state index contributed by atoms with van der Waals surface area (Å²) in [5.41, 5.74) is 2.47. The molecule has 0 bridgehead atoms. The number of pyridine rings is 1. The Balaban J connectivity index is 2.01. The summed E-state index contributed by atoms with van der Waals surface area (Å²) in [6, 6.07) is 3.15. The van der Waals surface area contributed by atoms with E-state index in [9.17, 15) is 4.79 Å². The van der Waals surface area contributed by atoms with E-state index in [1.54, 1.807) is 6.07 Å². The van der Waals surface area contributed by atoms with Crippen LogP contribution >= 0.6 is 0 Å². The van der Waals surface area contributed by atoms with Crippen molar-refractivity contribution in [2.24, 2.45) is 0 Å². The fraction of sp³-hybridized carbons (Fsp3) is 0.250. The highest BCUT2D eigenvalue weighted by Crippen LogP contribution is 2.05. The molecular weight excluding hydrogens is 246 g/mol. The summed E-state index contributed by atoms with van der Waals surface area (Å²) in [6.45, 7) is 4.16. The number of nitrogens with zero attached hydrogens (tertiary/aromatic N) is 4. The number of aryl methyl sites for hydroxylation is 2. The fourth-order valence-electron chi connectivity index (χ4n) is 1.37. The van der Waals surface area contributed by atoms with Gasteiger partial charge >= 0.3 is 5.97 Å². The van der Waals surface area contributed by atoms with Crippen molar-refractivity contribution < 1.29 is 9.90 Å². The van der Waals surface area contributed by atoms with E-state index in [1.807, 2.05) is 13.8 Å². The third-order valence-corrected chi connectivity index (χ3v) is 2.59. The van der Waals surface area contributed by atoms with Crippen molar-refractivity contribution >= 4 is 11.9 Å². The topological polar surface area (TPSA) is 101 Å². The van der Waals surface area contributed by atoms with Crippen LogP contribution in [0, 0.1) is 13.8 Å². The number of nitrogens with one attached hydrogen (secondary N) is 1. The highest BCUT2D eigenvalue weighted by atomic mass is 16.4. The predicted molar refractivity (Wildman–Crippen MR) is 67.8 cm³/mol. The number of hydrogen-bond donors (Lipinski definition) is 2. The molecule has 7 nitrogen and oxygen atoms in total. The van der Waals surface area contributed by atoms with Crippen LogP contribution in [0.3, 0.4) is 0 Å². The van der Waals surface area contributed by atoms with E-state index < -0.39 is 5.97 Å². The molecule has 0 aliphatic heterocycles. The number of hydrogen-bond acceptors (Lipinski definition) is 6. The molecule has 0 saturated carbocycles. The van der Waals surface area contributed by atoms with E-state index >= 15 is 0 Å². The number of carboxylic acid groups (broad SMARTS) is 1. The number of aromatic nitrogens is 4. The Morgan fingerprint density at radius 2 is 2.05 bits per heavy atom. The molecule has 0 fully saturated rings. The van der Waals surface area contributed by atoms with E-state index in [1.165, 1.54) is 12.3 Å². The van der Waals surface area contributed by atoms with Crippen LogP contribution in [0.2, 0.25) is 0 Å². The summed E-state index contributed by atoms with van der Waals surface area (Å²) in [6.07, 6.45) is 1.50. The van der Waals surface area contributed by atoms with Gasteiger partial charge in [-0.05, 0) is 25.5 Å². The molecule has 0 radical (unpaired) electrons. The minimum Gasteiger partial charge on any atom is -0.477 e. The Bertz CT molecular complexity index is 598. The van der Waals surface area contributed by atoms with Gasteiger partial charge in [-0.3, -0.25) is 0 Å². The molecule has 19 heavy (non-hydrogen) atoms. The zero-order valence-corrected chi connectivity index (χ0v) is 10.6. The number of rotatable bonds is 4. The Labute approximate surface area is 109 Å². The maximum atomic E-state index is 10.7. The fourth-order valence-corrected chi connectivity index (χ4v) is 1.37. The highest BCUT2D eigenvalue weighted by Gasteiger charge is 2.04. The number of aromatic carboxylic acids is 1. The summed E-state index contributed by atoms with van der Waals surface area (Å²) < 4.78 is 0. The molecule has 2 heterocycles. The molecule has 0 atom stereocenters. The van der Waals surface area contributed by atoms with Gasteiger partial charge in [0.2, 0.25) is 5.95 Å². The van der Waals surface area contributed by atoms with Gasteiger partial charge in [0.05, 0.1) is 11.4 Å². The second-order valence-corrected chi connectivity index (χ2v) is 4.02. The van der Waals surface area contributed by atoms with Crippen molar-refractivity contribution in [2.45, 2.75) is 20.4 Å². The Kier molecular flexibility index (Phi) is 3.65. The van der Waals surface area contributed by atoms with Crippen LogP contribution in [-0.2, 0) is 6.54 Å². The number of carboxylic acids is 1. The Morgan fingerprint density at radius 3 is 2.63 bits per heavy atom. The molecule has 0 unspecified atom stereocenters. The van der Waals surface area contributed by atoms with Crippen molar-refractivity contribution in [1.82, 2.24) is 20.2 Å². The first-order valence-corrected chi connectivity index (χ1v) is 5.66. The van der Waals surface area contributed by atoms with Gasteiger partial charge < -0.3 is 10.4 Å². The molecule has 2 rings (SSSR count). The average Bonchev–Trinajstić information content (AvgIpc) is 2.40. The normalized spacial score (nSPS) is 10.2. The maximum absolute atomic E-state index is 10.7. The zero-order chi connectivity index (χ0) is 13.8. The molecule has 0 spiro atoms. The van der Waals surface area contributed by atoms with Crippen molar-refractivity contribution in [3.8, 4) is 0 Å². The minimum absolute atomic E-state index is 0.0212. The van der Waals surface area contributed by atoms with Crippen LogP contribution in [-0.4, -0.2) is 31.2 Å². The molecule has 2 N–H and O–H groups in total. The first-order valence-electron chi connectivity index (χ1n) is 5.66. The van der Waals surface area contributed by atoms with Gasteiger partial charge in [0.15, 0.2) is 0 Å². The molecule has 0 aliphatic carbocycles. The van der Waals surface area contributed by atoms with Crippen LogP contribution in [0.5, 0.6) is 0 Å². The van der Waals surface area contributed by atoms with Gasteiger partial charge in [0.1, 0.15) is 5.69 Å². The molecule has 98 valence electrons. The van der Waals surface area contributed by atoms with Gasteiger partial charge in [-0.25, -0.2) is 14.8 Å². The van der Waals surface area contributed by atoms with Crippen molar-refractivity contribution in [2.75, 3.05) is 5.32 Å². The van der Waals surface area contributed by atoms with E-state index in [4.69, 9.17) is 5.11 Å².